The van der Waals surface area contributed by atoms with E-state index in [4.69, 9.17) is 4.74 Å². The Bertz CT molecular complexity index is 644. The molecule has 2 N–H and O–H groups in total. The van der Waals surface area contributed by atoms with Crippen molar-refractivity contribution in [1.29, 1.82) is 0 Å². The fourth-order valence-electron chi connectivity index (χ4n) is 2.25. The van der Waals surface area contributed by atoms with Gasteiger partial charge in [-0.25, -0.2) is 9.98 Å². The number of nitrogens with one attached hydrogen (secondary N) is 2. The van der Waals surface area contributed by atoms with Gasteiger partial charge >= 0.3 is 0 Å². The number of pyridine rings is 1. The largest absolute Gasteiger partial charge is 0.475 e. The molecule has 0 aliphatic rings. The van der Waals surface area contributed by atoms with Crippen LogP contribution in [0.3, 0.4) is 0 Å². The molecule has 1 unspecified atom stereocenters. The zero-order chi connectivity index (χ0) is 18.1. The smallest absolute Gasteiger partial charge is 0.213 e. The van der Waals surface area contributed by atoms with E-state index in [-0.39, 0.29) is 30.1 Å². The van der Waals surface area contributed by atoms with E-state index in [0.29, 0.717) is 18.3 Å². The molecule has 0 fully saturated rings. The van der Waals surface area contributed by atoms with E-state index in [1.54, 1.807) is 11.3 Å². The molecule has 0 bridgehead atoms. The van der Waals surface area contributed by atoms with E-state index in [1.807, 2.05) is 32.2 Å². The normalized spacial score (nSPS) is 12.4. The van der Waals surface area contributed by atoms with Crippen molar-refractivity contribution in [1.82, 2.24) is 15.6 Å². The van der Waals surface area contributed by atoms with Gasteiger partial charge in [0.2, 0.25) is 5.88 Å². The summed E-state index contributed by atoms with van der Waals surface area (Å²) in [7, 11) is 0. The maximum Gasteiger partial charge on any atom is 0.213 e. The molecule has 0 radical (unpaired) electrons. The molecule has 0 saturated heterocycles. The number of guanidine groups is 1. The Morgan fingerprint density at radius 2 is 2.04 bits per heavy atom. The lowest BCUT2D eigenvalue weighted by Crippen LogP contribution is -2.39. The quantitative estimate of drug-likeness (QED) is 0.329. The standard InChI is InChI=1S/C19H28N4OS.HI/c1-5-20-19(22-10-15(4)17-8-9-25-13-17)23-12-16-6-7-18(21-11-16)24-14(2)3;/h6-9,11,13-15H,5,10,12H2,1-4H3,(H2,20,22,23);1H. The average Bonchev–Trinajstić information content (AvgIpc) is 3.12. The number of aromatic nitrogens is 1. The van der Waals surface area contributed by atoms with Crippen LogP contribution in [0.25, 0.3) is 0 Å². The third-order valence-corrected chi connectivity index (χ3v) is 4.31. The highest BCUT2D eigenvalue weighted by Crippen LogP contribution is 2.17. The molecule has 0 aromatic carbocycles. The van der Waals surface area contributed by atoms with Gasteiger partial charge in [0, 0.05) is 25.4 Å². The van der Waals surface area contributed by atoms with E-state index in [1.165, 1.54) is 5.56 Å². The van der Waals surface area contributed by atoms with Gasteiger partial charge in [0.15, 0.2) is 5.96 Å². The van der Waals surface area contributed by atoms with Crippen molar-refractivity contribution in [2.75, 3.05) is 13.1 Å². The first-order valence-corrected chi connectivity index (χ1v) is 9.68. The van der Waals surface area contributed by atoms with Gasteiger partial charge in [0.25, 0.3) is 0 Å². The average molecular weight is 488 g/mol. The highest BCUT2D eigenvalue weighted by Gasteiger charge is 2.07. The molecular weight excluding hydrogens is 459 g/mol. The lowest BCUT2D eigenvalue weighted by molar-refractivity contribution is 0.232. The molecule has 0 aliphatic carbocycles. The highest BCUT2D eigenvalue weighted by atomic mass is 127. The summed E-state index contributed by atoms with van der Waals surface area (Å²) in [6.45, 7) is 10.5. The summed E-state index contributed by atoms with van der Waals surface area (Å²) in [4.78, 5) is 8.96. The Morgan fingerprint density at radius 1 is 1.23 bits per heavy atom. The monoisotopic (exact) mass is 488 g/mol. The summed E-state index contributed by atoms with van der Waals surface area (Å²) in [6, 6.07) is 6.07. The predicted octanol–water partition coefficient (Wildman–Crippen LogP) is 4.41. The van der Waals surface area contributed by atoms with Gasteiger partial charge < -0.3 is 15.4 Å². The molecule has 0 aliphatic heterocycles. The highest BCUT2D eigenvalue weighted by molar-refractivity contribution is 14.0. The van der Waals surface area contributed by atoms with E-state index in [0.717, 1.165) is 24.6 Å². The van der Waals surface area contributed by atoms with Crippen LogP contribution in [0.2, 0.25) is 0 Å². The Hall–Kier alpha value is -1.35. The maximum atomic E-state index is 5.56. The summed E-state index contributed by atoms with van der Waals surface area (Å²) in [5.74, 6) is 1.92. The lowest BCUT2D eigenvalue weighted by atomic mass is 10.1. The minimum Gasteiger partial charge on any atom is -0.475 e. The van der Waals surface area contributed by atoms with Crippen LogP contribution in [0.1, 0.15) is 44.7 Å². The minimum atomic E-state index is 0. The van der Waals surface area contributed by atoms with Crippen LogP contribution >= 0.6 is 35.3 Å². The molecule has 2 aromatic rings. The molecule has 5 nitrogen and oxygen atoms in total. The van der Waals surface area contributed by atoms with Crippen LogP contribution in [-0.2, 0) is 6.54 Å². The number of nitrogens with zero attached hydrogens (tertiary/aromatic N) is 2. The second-order valence-electron chi connectivity index (χ2n) is 6.21. The summed E-state index contributed by atoms with van der Waals surface area (Å²) in [5.41, 5.74) is 2.41. The van der Waals surface area contributed by atoms with Crippen molar-refractivity contribution >= 4 is 41.3 Å². The molecule has 26 heavy (non-hydrogen) atoms. The third kappa shape index (κ3) is 7.90. The molecule has 0 amide bonds. The maximum absolute atomic E-state index is 5.56. The molecule has 2 heterocycles. The van der Waals surface area contributed by atoms with Gasteiger partial charge in [0.1, 0.15) is 0 Å². The molecule has 2 aromatic heterocycles. The summed E-state index contributed by atoms with van der Waals surface area (Å²) in [6.07, 6.45) is 1.95. The van der Waals surface area contributed by atoms with Crippen molar-refractivity contribution < 1.29 is 4.74 Å². The topological polar surface area (TPSA) is 58.5 Å². The van der Waals surface area contributed by atoms with Crippen molar-refractivity contribution in [3.05, 3.63) is 46.3 Å². The van der Waals surface area contributed by atoms with Gasteiger partial charge in [0.05, 0.1) is 12.6 Å². The number of hydrogen-bond donors (Lipinski definition) is 2. The zero-order valence-electron chi connectivity index (χ0n) is 15.9. The van der Waals surface area contributed by atoms with Crippen molar-refractivity contribution in [2.45, 2.75) is 46.3 Å². The van der Waals surface area contributed by atoms with Crippen LogP contribution < -0.4 is 15.4 Å². The van der Waals surface area contributed by atoms with Crippen LogP contribution in [0.15, 0.2) is 40.1 Å². The molecular formula is C19H29IN4OS. The van der Waals surface area contributed by atoms with E-state index < -0.39 is 0 Å². The first kappa shape index (κ1) is 22.7. The van der Waals surface area contributed by atoms with Crippen LogP contribution in [0.5, 0.6) is 5.88 Å². The second-order valence-corrected chi connectivity index (χ2v) is 6.99. The number of aliphatic imine (C=N–C) groups is 1. The van der Waals surface area contributed by atoms with Gasteiger partial charge in [-0.15, -0.1) is 24.0 Å². The first-order valence-electron chi connectivity index (χ1n) is 8.74. The number of halogens is 1. The summed E-state index contributed by atoms with van der Waals surface area (Å²) >= 11 is 1.73. The van der Waals surface area contributed by atoms with Crippen molar-refractivity contribution in [3.8, 4) is 5.88 Å². The summed E-state index contributed by atoms with van der Waals surface area (Å²) < 4.78 is 5.56. The number of hydrogen-bond acceptors (Lipinski definition) is 4. The lowest BCUT2D eigenvalue weighted by Gasteiger charge is -2.15. The molecule has 0 spiro atoms. The molecule has 144 valence electrons. The van der Waals surface area contributed by atoms with Crippen LogP contribution in [-0.4, -0.2) is 30.1 Å². The number of rotatable bonds is 8. The minimum absolute atomic E-state index is 0. The molecule has 2 rings (SSSR count). The Labute approximate surface area is 177 Å². The van der Waals surface area contributed by atoms with E-state index in [2.05, 4.69) is 51.3 Å². The SMILES string of the molecule is CCNC(=NCc1ccc(OC(C)C)nc1)NCC(C)c1ccsc1.I. The van der Waals surface area contributed by atoms with Crippen molar-refractivity contribution in [2.24, 2.45) is 4.99 Å². The Kier molecular flexibility index (Phi) is 10.6. The third-order valence-electron chi connectivity index (χ3n) is 3.61. The predicted molar refractivity (Wildman–Crippen MR) is 121 cm³/mol. The van der Waals surface area contributed by atoms with Gasteiger partial charge in [-0.05, 0) is 54.6 Å². The van der Waals surface area contributed by atoms with Crippen LogP contribution in [0.4, 0.5) is 0 Å². The first-order chi connectivity index (χ1) is 12.1. The molecule has 7 heteroatoms. The fourth-order valence-corrected chi connectivity index (χ4v) is 3.03. The Balaban J connectivity index is 0.00000338. The van der Waals surface area contributed by atoms with E-state index >= 15 is 0 Å². The van der Waals surface area contributed by atoms with Gasteiger partial charge in [-0.3, -0.25) is 0 Å². The molecule has 1 atom stereocenters. The molecule has 0 saturated carbocycles. The number of thiophene rings is 1. The Morgan fingerprint density at radius 3 is 2.62 bits per heavy atom. The van der Waals surface area contributed by atoms with E-state index in [9.17, 15) is 0 Å². The zero-order valence-corrected chi connectivity index (χ0v) is 19.0. The van der Waals surface area contributed by atoms with Crippen molar-refractivity contribution in [3.63, 3.8) is 0 Å². The van der Waals surface area contributed by atoms with Gasteiger partial charge in [-0.1, -0.05) is 13.0 Å². The summed E-state index contributed by atoms with van der Waals surface area (Å²) in [5, 5.41) is 11.0. The number of ether oxygens (including phenoxy) is 1. The van der Waals surface area contributed by atoms with Gasteiger partial charge in [-0.2, -0.15) is 11.3 Å². The van der Waals surface area contributed by atoms with Crippen LogP contribution in [0, 0.1) is 0 Å². The fraction of sp³-hybridized carbons (Fsp3) is 0.474. The second kappa shape index (κ2) is 12.1.